The molecule has 1 fully saturated rings. The normalized spacial score (nSPS) is 22.7. The molecule has 0 saturated carbocycles. The molecule has 0 aromatic heterocycles. The first-order valence-electron chi connectivity index (χ1n) is 9.99. The van der Waals surface area contributed by atoms with E-state index in [1.165, 1.54) is 12.0 Å². The molecule has 2 aliphatic heterocycles. The lowest BCUT2D eigenvalue weighted by atomic mass is 9.92. The van der Waals surface area contributed by atoms with Gasteiger partial charge >= 0.3 is 12.0 Å². The Bertz CT molecular complexity index is 1050. The van der Waals surface area contributed by atoms with Gasteiger partial charge in [0.15, 0.2) is 0 Å². The van der Waals surface area contributed by atoms with Crippen molar-refractivity contribution < 1.29 is 23.9 Å². The monoisotopic (exact) mass is 421 g/mol. The SMILES string of the molecule is COC(=O)[C@H]1Cc2ccccc2CN1C(=O)CN1C(=O)N[C@](C)(c2ccccc2)C1=O. The summed E-state index contributed by atoms with van der Waals surface area (Å²) in [5.74, 6) is -1.54. The Balaban J connectivity index is 1.57. The third-order valence-corrected chi connectivity index (χ3v) is 5.96. The number of methoxy groups -OCH3 is 1. The number of amides is 4. The smallest absolute Gasteiger partial charge is 0.328 e. The van der Waals surface area contributed by atoms with Crippen molar-refractivity contribution in [3.8, 4) is 0 Å². The number of carbonyl (C=O) groups is 4. The average Bonchev–Trinajstić information content (AvgIpc) is 3.02. The van der Waals surface area contributed by atoms with Crippen LogP contribution in [0.2, 0.25) is 0 Å². The maximum absolute atomic E-state index is 13.2. The highest BCUT2D eigenvalue weighted by Crippen LogP contribution is 2.29. The maximum atomic E-state index is 13.2. The van der Waals surface area contributed by atoms with E-state index < -0.39 is 41.9 Å². The average molecular weight is 421 g/mol. The van der Waals surface area contributed by atoms with E-state index in [0.29, 0.717) is 12.0 Å². The fourth-order valence-corrected chi connectivity index (χ4v) is 4.17. The zero-order valence-electron chi connectivity index (χ0n) is 17.3. The molecule has 1 saturated heterocycles. The quantitative estimate of drug-likeness (QED) is 0.597. The molecule has 160 valence electrons. The molecular formula is C23H23N3O5. The van der Waals surface area contributed by atoms with Crippen LogP contribution in [0.4, 0.5) is 4.79 Å². The molecule has 8 nitrogen and oxygen atoms in total. The predicted octanol–water partition coefficient (Wildman–Crippen LogP) is 1.58. The van der Waals surface area contributed by atoms with Crippen molar-refractivity contribution in [1.82, 2.24) is 15.1 Å². The number of nitrogens with one attached hydrogen (secondary N) is 1. The van der Waals surface area contributed by atoms with E-state index in [-0.39, 0.29) is 6.54 Å². The third-order valence-electron chi connectivity index (χ3n) is 5.96. The number of carbonyl (C=O) groups excluding carboxylic acids is 4. The van der Waals surface area contributed by atoms with Gasteiger partial charge in [-0.1, -0.05) is 54.6 Å². The van der Waals surface area contributed by atoms with Crippen LogP contribution in [0, 0.1) is 0 Å². The molecule has 0 unspecified atom stereocenters. The van der Waals surface area contributed by atoms with Crippen LogP contribution in [0.1, 0.15) is 23.6 Å². The van der Waals surface area contributed by atoms with Crippen LogP contribution in [-0.4, -0.2) is 53.3 Å². The van der Waals surface area contributed by atoms with Gasteiger partial charge in [0, 0.05) is 13.0 Å². The molecule has 0 radical (unpaired) electrons. The Hall–Kier alpha value is -3.68. The molecular weight excluding hydrogens is 398 g/mol. The van der Waals surface area contributed by atoms with Gasteiger partial charge in [-0.25, -0.2) is 9.59 Å². The summed E-state index contributed by atoms with van der Waals surface area (Å²) < 4.78 is 4.90. The van der Waals surface area contributed by atoms with Crippen LogP contribution < -0.4 is 5.32 Å². The van der Waals surface area contributed by atoms with Crippen molar-refractivity contribution in [3.63, 3.8) is 0 Å². The molecule has 1 N–H and O–H groups in total. The molecule has 31 heavy (non-hydrogen) atoms. The molecule has 0 bridgehead atoms. The highest BCUT2D eigenvalue weighted by atomic mass is 16.5. The molecule has 2 aromatic rings. The third kappa shape index (κ3) is 3.54. The van der Waals surface area contributed by atoms with Gasteiger partial charge in [-0.05, 0) is 23.6 Å². The van der Waals surface area contributed by atoms with E-state index in [4.69, 9.17) is 4.74 Å². The van der Waals surface area contributed by atoms with Gasteiger partial charge in [0.25, 0.3) is 5.91 Å². The standard InChI is InChI=1S/C23H23N3O5/c1-23(17-10-4-3-5-11-17)21(29)26(22(30)24-23)14-19(27)25-13-16-9-7-6-8-15(16)12-18(25)20(28)31-2/h3-11,18H,12-14H2,1-2H3,(H,24,30)/t18-,23-/m1/s1. The van der Waals surface area contributed by atoms with Crippen LogP contribution in [0.3, 0.4) is 0 Å². The predicted molar refractivity (Wildman–Crippen MR) is 111 cm³/mol. The molecule has 2 aromatic carbocycles. The number of imide groups is 1. The first-order chi connectivity index (χ1) is 14.8. The highest BCUT2D eigenvalue weighted by molar-refractivity contribution is 6.09. The van der Waals surface area contributed by atoms with Crippen LogP contribution in [0.5, 0.6) is 0 Å². The topological polar surface area (TPSA) is 96.0 Å². The number of urea groups is 1. The fourth-order valence-electron chi connectivity index (χ4n) is 4.17. The van der Waals surface area contributed by atoms with Crippen LogP contribution in [0.25, 0.3) is 0 Å². The maximum Gasteiger partial charge on any atom is 0.328 e. The Kier molecular flexibility index (Phi) is 5.22. The molecule has 2 heterocycles. The van der Waals surface area contributed by atoms with Crippen molar-refractivity contribution in [2.24, 2.45) is 0 Å². The summed E-state index contributed by atoms with van der Waals surface area (Å²) in [4.78, 5) is 53.5. The van der Waals surface area contributed by atoms with Gasteiger partial charge in [0.1, 0.15) is 18.1 Å². The number of esters is 1. The number of benzene rings is 2. The van der Waals surface area contributed by atoms with E-state index in [9.17, 15) is 19.2 Å². The minimum atomic E-state index is -1.26. The summed E-state index contributed by atoms with van der Waals surface area (Å²) in [5, 5.41) is 2.69. The van der Waals surface area contributed by atoms with E-state index >= 15 is 0 Å². The van der Waals surface area contributed by atoms with E-state index in [2.05, 4.69) is 5.32 Å². The van der Waals surface area contributed by atoms with Gasteiger partial charge in [-0.2, -0.15) is 0 Å². The van der Waals surface area contributed by atoms with E-state index in [1.54, 1.807) is 31.2 Å². The zero-order chi connectivity index (χ0) is 22.2. The summed E-state index contributed by atoms with van der Waals surface area (Å²) in [6.45, 7) is 1.36. The van der Waals surface area contributed by atoms with Crippen molar-refractivity contribution in [2.75, 3.05) is 13.7 Å². The van der Waals surface area contributed by atoms with E-state index in [1.807, 2.05) is 30.3 Å². The lowest BCUT2D eigenvalue weighted by Crippen LogP contribution is -2.52. The molecule has 8 heteroatoms. The lowest BCUT2D eigenvalue weighted by molar-refractivity contribution is -0.154. The lowest BCUT2D eigenvalue weighted by Gasteiger charge is -2.35. The van der Waals surface area contributed by atoms with E-state index in [0.717, 1.165) is 16.0 Å². The van der Waals surface area contributed by atoms with Gasteiger partial charge in [-0.15, -0.1) is 0 Å². The van der Waals surface area contributed by atoms with Gasteiger partial charge in [0.2, 0.25) is 5.91 Å². The van der Waals surface area contributed by atoms with Gasteiger partial charge in [0.05, 0.1) is 7.11 Å². The largest absolute Gasteiger partial charge is 0.467 e. The number of hydrogen-bond donors (Lipinski definition) is 1. The highest BCUT2D eigenvalue weighted by Gasteiger charge is 2.50. The van der Waals surface area contributed by atoms with Gasteiger partial charge < -0.3 is 15.0 Å². The molecule has 2 atom stereocenters. The molecule has 4 amide bonds. The van der Waals surface area contributed by atoms with Crippen molar-refractivity contribution in [2.45, 2.75) is 31.5 Å². The first kappa shape index (κ1) is 20.6. The Labute approximate surface area is 179 Å². The second-order valence-corrected chi connectivity index (χ2v) is 7.85. The van der Waals surface area contributed by atoms with Crippen molar-refractivity contribution in [3.05, 3.63) is 71.3 Å². The second kappa shape index (κ2) is 7.86. The minimum Gasteiger partial charge on any atom is -0.467 e. The number of fused-ring (bicyclic) bond motifs is 1. The molecule has 2 aliphatic rings. The number of ether oxygens (including phenoxy) is 1. The number of hydrogen-bond acceptors (Lipinski definition) is 5. The molecule has 0 aliphatic carbocycles. The number of nitrogens with zero attached hydrogens (tertiary/aromatic N) is 2. The first-order valence-corrected chi connectivity index (χ1v) is 9.99. The number of rotatable bonds is 4. The minimum absolute atomic E-state index is 0.203. The van der Waals surface area contributed by atoms with Crippen LogP contribution in [-0.2, 0) is 37.6 Å². The second-order valence-electron chi connectivity index (χ2n) is 7.85. The van der Waals surface area contributed by atoms with Crippen LogP contribution >= 0.6 is 0 Å². The Morgan fingerprint density at radius 3 is 2.39 bits per heavy atom. The Morgan fingerprint density at radius 1 is 1.06 bits per heavy atom. The molecule has 4 rings (SSSR count). The zero-order valence-corrected chi connectivity index (χ0v) is 17.3. The van der Waals surface area contributed by atoms with Crippen LogP contribution in [0.15, 0.2) is 54.6 Å². The van der Waals surface area contributed by atoms with Crippen molar-refractivity contribution >= 4 is 23.8 Å². The summed E-state index contributed by atoms with van der Waals surface area (Å²) in [6.07, 6.45) is 0.316. The summed E-state index contributed by atoms with van der Waals surface area (Å²) in [7, 11) is 1.27. The Morgan fingerprint density at radius 2 is 1.71 bits per heavy atom. The fraction of sp³-hybridized carbons (Fsp3) is 0.304. The summed E-state index contributed by atoms with van der Waals surface area (Å²) >= 11 is 0. The summed E-state index contributed by atoms with van der Waals surface area (Å²) in [6, 6.07) is 15.0. The molecule has 0 spiro atoms. The van der Waals surface area contributed by atoms with Crippen molar-refractivity contribution in [1.29, 1.82) is 0 Å². The van der Waals surface area contributed by atoms with Gasteiger partial charge in [-0.3, -0.25) is 14.5 Å². The summed E-state index contributed by atoms with van der Waals surface area (Å²) in [5.41, 5.74) is 1.26.